The van der Waals surface area contributed by atoms with Gasteiger partial charge in [0.2, 0.25) is 10.0 Å². The topological polar surface area (TPSA) is 92.7 Å². The Balaban J connectivity index is 1.84. The van der Waals surface area contributed by atoms with Gasteiger partial charge < -0.3 is 9.84 Å². The van der Waals surface area contributed by atoms with E-state index in [2.05, 4.69) is 4.72 Å². The zero-order chi connectivity index (χ0) is 15.7. The Hall–Kier alpha value is -1.44. The minimum Gasteiger partial charge on any atom is -0.480 e. The fourth-order valence-electron chi connectivity index (χ4n) is 3.11. The molecule has 120 valence electrons. The first kappa shape index (κ1) is 15.5. The maximum Gasteiger partial charge on any atom is 0.322 e. The molecule has 1 aromatic carbocycles. The summed E-state index contributed by atoms with van der Waals surface area (Å²) in [6.45, 7) is 0.735. The molecule has 1 heterocycles. The molecule has 1 fully saturated rings. The summed E-state index contributed by atoms with van der Waals surface area (Å²) in [6, 6.07) is 3.89. The van der Waals surface area contributed by atoms with Crippen molar-refractivity contribution >= 4 is 16.0 Å². The Labute approximate surface area is 129 Å². The average molecular weight is 325 g/mol. The van der Waals surface area contributed by atoms with Crippen LogP contribution in [0.2, 0.25) is 0 Å². The zero-order valence-corrected chi connectivity index (χ0v) is 12.9. The van der Waals surface area contributed by atoms with Crippen LogP contribution in [0, 0.1) is 5.92 Å². The molecule has 1 aliphatic heterocycles. The minimum absolute atomic E-state index is 0.137. The molecule has 6 nitrogen and oxygen atoms in total. The van der Waals surface area contributed by atoms with Crippen molar-refractivity contribution in [3.63, 3.8) is 0 Å². The second-order valence-corrected chi connectivity index (χ2v) is 7.56. The molecular weight excluding hydrogens is 306 g/mol. The van der Waals surface area contributed by atoms with Gasteiger partial charge in [0.15, 0.2) is 0 Å². The van der Waals surface area contributed by atoms with Crippen LogP contribution < -0.4 is 4.72 Å². The van der Waals surface area contributed by atoms with Gasteiger partial charge in [0.05, 0.1) is 11.5 Å². The smallest absolute Gasteiger partial charge is 0.322 e. The van der Waals surface area contributed by atoms with Gasteiger partial charge in [-0.1, -0.05) is 6.07 Å². The molecule has 1 aliphatic carbocycles. The first-order chi connectivity index (χ1) is 10.5. The number of nitrogens with one attached hydrogen (secondary N) is 1. The normalized spacial score (nSPS) is 22.5. The number of aryl methyl sites for hydroxylation is 2. The average Bonchev–Trinajstić information content (AvgIpc) is 3.14. The third-order valence-electron chi connectivity index (χ3n) is 4.36. The molecule has 22 heavy (non-hydrogen) atoms. The van der Waals surface area contributed by atoms with E-state index in [0.29, 0.717) is 13.0 Å². The zero-order valence-electron chi connectivity index (χ0n) is 12.1. The molecule has 2 unspecified atom stereocenters. The third kappa shape index (κ3) is 3.02. The molecule has 2 N–H and O–H groups in total. The maximum absolute atomic E-state index is 12.5. The van der Waals surface area contributed by atoms with Crippen molar-refractivity contribution in [2.24, 2.45) is 5.92 Å². The molecule has 0 bridgehead atoms. The van der Waals surface area contributed by atoms with E-state index in [0.717, 1.165) is 24.8 Å². The highest BCUT2D eigenvalue weighted by atomic mass is 32.2. The molecule has 1 saturated heterocycles. The van der Waals surface area contributed by atoms with Crippen molar-refractivity contribution in [3.05, 3.63) is 29.3 Å². The highest BCUT2D eigenvalue weighted by molar-refractivity contribution is 7.89. The van der Waals surface area contributed by atoms with Crippen LogP contribution >= 0.6 is 0 Å². The fraction of sp³-hybridized carbons (Fsp3) is 0.533. The van der Waals surface area contributed by atoms with Gasteiger partial charge in [-0.15, -0.1) is 0 Å². The summed E-state index contributed by atoms with van der Waals surface area (Å²) in [6.07, 6.45) is 3.42. The molecule has 7 heteroatoms. The van der Waals surface area contributed by atoms with E-state index >= 15 is 0 Å². The van der Waals surface area contributed by atoms with Gasteiger partial charge in [0.1, 0.15) is 6.04 Å². The second-order valence-electron chi connectivity index (χ2n) is 5.84. The first-order valence-electron chi connectivity index (χ1n) is 7.42. The van der Waals surface area contributed by atoms with Crippen molar-refractivity contribution in [1.82, 2.24) is 4.72 Å². The monoisotopic (exact) mass is 325 g/mol. The van der Waals surface area contributed by atoms with E-state index in [1.165, 1.54) is 5.56 Å². The van der Waals surface area contributed by atoms with Gasteiger partial charge in [-0.3, -0.25) is 4.79 Å². The Kier molecular flexibility index (Phi) is 4.20. The summed E-state index contributed by atoms with van der Waals surface area (Å²) in [5, 5.41) is 9.32. The predicted molar refractivity (Wildman–Crippen MR) is 79.1 cm³/mol. The van der Waals surface area contributed by atoms with Gasteiger partial charge in [-0.05, 0) is 48.9 Å². The van der Waals surface area contributed by atoms with E-state index < -0.39 is 22.0 Å². The Morgan fingerprint density at radius 1 is 1.32 bits per heavy atom. The largest absolute Gasteiger partial charge is 0.480 e. The molecule has 2 atom stereocenters. The van der Waals surface area contributed by atoms with Crippen molar-refractivity contribution in [2.45, 2.75) is 36.6 Å². The number of carboxylic acids is 1. The molecule has 0 saturated carbocycles. The van der Waals surface area contributed by atoms with E-state index in [4.69, 9.17) is 4.74 Å². The maximum atomic E-state index is 12.5. The molecule has 0 amide bonds. The summed E-state index contributed by atoms with van der Waals surface area (Å²) in [5.41, 5.74) is 2.22. The van der Waals surface area contributed by atoms with Crippen LogP contribution in [0.5, 0.6) is 0 Å². The highest BCUT2D eigenvalue weighted by Crippen LogP contribution is 2.25. The molecule has 0 spiro atoms. The van der Waals surface area contributed by atoms with E-state index in [1.807, 2.05) is 6.07 Å². The number of carboxylic acid groups (broad SMARTS) is 1. The number of fused-ring (bicyclic) bond motifs is 1. The minimum atomic E-state index is -3.85. The number of hydrogen-bond donors (Lipinski definition) is 2. The van der Waals surface area contributed by atoms with Crippen LogP contribution in [-0.2, 0) is 32.4 Å². The van der Waals surface area contributed by atoms with Crippen molar-refractivity contribution < 1.29 is 23.1 Å². The van der Waals surface area contributed by atoms with Crippen LogP contribution in [0.4, 0.5) is 0 Å². The number of carbonyl (C=O) groups is 1. The summed E-state index contributed by atoms with van der Waals surface area (Å²) >= 11 is 0. The van der Waals surface area contributed by atoms with Crippen LogP contribution in [0.1, 0.15) is 24.0 Å². The quantitative estimate of drug-likeness (QED) is 0.840. The molecule has 2 aliphatic rings. The van der Waals surface area contributed by atoms with Crippen LogP contribution in [0.25, 0.3) is 0 Å². The third-order valence-corrected chi connectivity index (χ3v) is 5.80. The molecule has 3 rings (SSSR count). The Morgan fingerprint density at radius 2 is 2.09 bits per heavy atom. The van der Waals surface area contributed by atoms with Gasteiger partial charge in [-0.2, -0.15) is 4.72 Å². The number of ether oxygens (including phenoxy) is 1. The van der Waals surface area contributed by atoms with Gasteiger partial charge in [0.25, 0.3) is 0 Å². The lowest BCUT2D eigenvalue weighted by Crippen LogP contribution is -2.46. The van der Waals surface area contributed by atoms with Crippen LogP contribution in [0.3, 0.4) is 0 Å². The Bertz CT molecular complexity index is 679. The first-order valence-corrected chi connectivity index (χ1v) is 8.90. The van der Waals surface area contributed by atoms with E-state index in [1.54, 1.807) is 12.1 Å². The van der Waals surface area contributed by atoms with Crippen LogP contribution in [-0.4, -0.2) is 38.7 Å². The van der Waals surface area contributed by atoms with Gasteiger partial charge in [0, 0.05) is 12.5 Å². The highest BCUT2D eigenvalue weighted by Gasteiger charge is 2.35. The molecule has 0 aromatic heterocycles. The summed E-state index contributed by atoms with van der Waals surface area (Å²) < 4.78 is 32.5. The number of aliphatic carboxylic acids is 1. The van der Waals surface area contributed by atoms with Gasteiger partial charge in [-0.25, -0.2) is 8.42 Å². The van der Waals surface area contributed by atoms with Crippen molar-refractivity contribution in [1.29, 1.82) is 0 Å². The van der Waals surface area contributed by atoms with Crippen molar-refractivity contribution in [2.75, 3.05) is 13.2 Å². The predicted octanol–water partition coefficient (Wildman–Crippen LogP) is 0.943. The lowest BCUT2D eigenvalue weighted by atomic mass is 10.0. The second kappa shape index (κ2) is 5.98. The Morgan fingerprint density at radius 3 is 2.77 bits per heavy atom. The summed E-state index contributed by atoms with van der Waals surface area (Å²) in [7, 11) is -3.85. The van der Waals surface area contributed by atoms with Gasteiger partial charge >= 0.3 is 5.97 Å². The lowest BCUT2D eigenvalue weighted by molar-refractivity contribution is -0.140. The molecule has 1 aromatic rings. The number of sulfonamides is 1. The van der Waals surface area contributed by atoms with E-state index in [-0.39, 0.29) is 17.4 Å². The van der Waals surface area contributed by atoms with Crippen molar-refractivity contribution in [3.8, 4) is 0 Å². The summed E-state index contributed by atoms with van der Waals surface area (Å²) in [4.78, 5) is 11.5. The van der Waals surface area contributed by atoms with Crippen LogP contribution in [0.15, 0.2) is 23.1 Å². The van der Waals surface area contributed by atoms with E-state index in [9.17, 15) is 18.3 Å². The lowest BCUT2D eigenvalue weighted by Gasteiger charge is -2.19. The number of hydrogen-bond acceptors (Lipinski definition) is 4. The standard InChI is InChI=1S/C15H19NO5S/c17-15(18)14(12-6-7-21-9-12)16-22(19,20)13-5-4-10-2-1-3-11(10)8-13/h4-5,8,12,14,16H,1-3,6-7,9H2,(H,17,18). The SMILES string of the molecule is O=C(O)C(NS(=O)(=O)c1ccc2c(c1)CCC2)C1CCOC1. The number of benzene rings is 1. The fourth-order valence-corrected chi connectivity index (χ4v) is 4.42. The summed E-state index contributed by atoms with van der Waals surface area (Å²) in [5.74, 6) is -1.50. The number of rotatable bonds is 5. The molecule has 0 radical (unpaired) electrons. The molecular formula is C15H19NO5S.